The second kappa shape index (κ2) is 6.93. The quantitative estimate of drug-likeness (QED) is 0.363. The number of ketones is 1. The zero-order chi connectivity index (χ0) is 24.0. The van der Waals surface area contributed by atoms with Crippen LogP contribution < -0.4 is 0 Å². The number of fused-ring (bicyclic) bond motifs is 3. The Kier molecular flexibility index (Phi) is 4.45. The molecular formula is C25H28O9. The minimum absolute atomic E-state index is 0.00709. The van der Waals surface area contributed by atoms with E-state index in [9.17, 15) is 19.2 Å². The van der Waals surface area contributed by atoms with Crippen LogP contribution in [0.2, 0.25) is 0 Å². The molecule has 2 aliphatic carbocycles. The van der Waals surface area contributed by atoms with Crippen LogP contribution in [0.1, 0.15) is 58.1 Å². The maximum atomic E-state index is 14.0. The van der Waals surface area contributed by atoms with Crippen molar-refractivity contribution >= 4 is 23.7 Å². The Labute approximate surface area is 196 Å². The van der Waals surface area contributed by atoms with Gasteiger partial charge < -0.3 is 23.4 Å². The molecule has 1 aromatic rings. The van der Waals surface area contributed by atoms with E-state index in [-0.39, 0.29) is 43.0 Å². The van der Waals surface area contributed by atoms with Gasteiger partial charge in [0.15, 0.2) is 6.10 Å². The molecule has 2 saturated carbocycles. The van der Waals surface area contributed by atoms with Crippen molar-refractivity contribution in [3.8, 4) is 0 Å². The van der Waals surface area contributed by atoms with Gasteiger partial charge in [-0.15, -0.1) is 0 Å². The van der Waals surface area contributed by atoms with E-state index in [2.05, 4.69) is 0 Å². The smallest absolute Gasteiger partial charge is 0.339 e. The predicted octanol–water partition coefficient (Wildman–Crippen LogP) is 2.52. The summed E-state index contributed by atoms with van der Waals surface area (Å²) in [5, 5.41) is 0. The third-order valence-electron chi connectivity index (χ3n) is 9.43. The first-order valence-electron chi connectivity index (χ1n) is 11.9. The zero-order valence-electron chi connectivity index (χ0n) is 19.4. The molecule has 182 valence electrons. The van der Waals surface area contributed by atoms with Crippen molar-refractivity contribution in [1.29, 1.82) is 0 Å². The molecule has 0 aromatic carbocycles. The molecule has 34 heavy (non-hydrogen) atoms. The maximum absolute atomic E-state index is 14.0. The summed E-state index contributed by atoms with van der Waals surface area (Å²) in [5.74, 6) is -2.14. The lowest BCUT2D eigenvalue weighted by atomic mass is 9.41. The molecule has 0 radical (unpaired) electrons. The molecule has 0 amide bonds. The number of rotatable bonds is 2. The van der Waals surface area contributed by atoms with Crippen molar-refractivity contribution in [1.82, 2.24) is 0 Å². The number of furan rings is 1. The van der Waals surface area contributed by atoms with Gasteiger partial charge in [-0.3, -0.25) is 14.4 Å². The summed E-state index contributed by atoms with van der Waals surface area (Å²) in [6.07, 6.45) is 2.37. The summed E-state index contributed by atoms with van der Waals surface area (Å²) < 4.78 is 28.5. The van der Waals surface area contributed by atoms with E-state index < -0.39 is 52.7 Å². The van der Waals surface area contributed by atoms with Crippen LogP contribution in [-0.2, 0) is 38.1 Å². The van der Waals surface area contributed by atoms with E-state index >= 15 is 0 Å². The molecule has 9 nitrogen and oxygen atoms in total. The second-order valence-electron chi connectivity index (χ2n) is 10.9. The molecule has 3 aliphatic heterocycles. The number of carbonyl (C=O) groups excluding carboxylic acids is 4. The Balaban J connectivity index is 1.47. The van der Waals surface area contributed by atoms with Crippen molar-refractivity contribution in [3.05, 3.63) is 24.2 Å². The van der Waals surface area contributed by atoms with E-state index in [0.717, 1.165) is 5.56 Å². The molecule has 0 N–H and O–H groups in total. The summed E-state index contributed by atoms with van der Waals surface area (Å²) in [7, 11) is 0. The Bertz CT molecular complexity index is 1080. The van der Waals surface area contributed by atoms with Crippen molar-refractivity contribution < 1.29 is 42.5 Å². The number of carbonyl (C=O) groups is 4. The van der Waals surface area contributed by atoms with Gasteiger partial charge in [-0.2, -0.15) is 0 Å². The molecule has 5 aliphatic rings. The van der Waals surface area contributed by atoms with Crippen LogP contribution in [0.15, 0.2) is 23.0 Å². The van der Waals surface area contributed by atoms with Gasteiger partial charge in [-0.05, 0) is 31.7 Å². The monoisotopic (exact) mass is 472 g/mol. The van der Waals surface area contributed by atoms with Gasteiger partial charge in [0.2, 0.25) is 0 Å². The number of ether oxygens (including phenoxy) is 4. The van der Waals surface area contributed by atoms with E-state index in [1.165, 1.54) is 13.2 Å². The number of epoxide rings is 1. The van der Waals surface area contributed by atoms with E-state index in [0.29, 0.717) is 12.8 Å². The van der Waals surface area contributed by atoms with Crippen LogP contribution in [-0.4, -0.2) is 48.1 Å². The van der Waals surface area contributed by atoms with Crippen LogP contribution in [0.25, 0.3) is 0 Å². The van der Waals surface area contributed by atoms with Crippen molar-refractivity contribution in [3.63, 3.8) is 0 Å². The van der Waals surface area contributed by atoms with Crippen molar-refractivity contribution in [2.24, 2.45) is 28.6 Å². The predicted molar refractivity (Wildman–Crippen MR) is 112 cm³/mol. The Hall–Kier alpha value is -2.68. The van der Waals surface area contributed by atoms with E-state index in [1.54, 1.807) is 12.3 Å². The minimum Gasteiger partial charge on any atom is -0.472 e. The molecule has 9 heteroatoms. The van der Waals surface area contributed by atoms with Gasteiger partial charge in [-0.25, -0.2) is 4.79 Å². The van der Waals surface area contributed by atoms with Crippen LogP contribution in [0.3, 0.4) is 0 Å². The van der Waals surface area contributed by atoms with Crippen LogP contribution in [0, 0.1) is 28.6 Å². The highest BCUT2D eigenvalue weighted by molar-refractivity contribution is 5.93. The largest absolute Gasteiger partial charge is 0.472 e. The van der Waals surface area contributed by atoms with Crippen LogP contribution in [0.5, 0.6) is 0 Å². The highest BCUT2D eigenvalue weighted by atomic mass is 16.7. The zero-order valence-corrected chi connectivity index (χ0v) is 19.4. The van der Waals surface area contributed by atoms with Crippen molar-refractivity contribution in [2.75, 3.05) is 6.61 Å². The molecule has 9 unspecified atom stereocenters. The normalized spacial score (nSPS) is 47.1. The number of Topliss-reactive ketones (excluding diaryl/α,β-unsaturated/α-hetero) is 1. The number of cyclic esters (lactones) is 2. The topological polar surface area (TPSA) is 122 Å². The van der Waals surface area contributed by atoms with Gasteiger partial charge >= 0.3 is 17.9 Å². The molecule has 9 atom stereocenters. The first kappa shape index (κ1) is 21.8. The third kappa shape index (κ3) is 2.53. The van der Waals surface area contributed by atoms with E-state index in [4.69, 9.17) is 23.4 Å². The minimum atomic E-state index is -1.04. The maximum Gasteiger partial charge on any atom is 0.339 e. The van der Waals surface area contributed by atoms with Gasteiger partial charge in [0.25, 0.3) is 0 Å². The lowest BCUT2D eigenvalue weighted by Gasteiger charge is -2.61. The SMILES string of the molecule is CC(=O)OC1CC(=O)OCC2CC(=O)C3(C)C(CCC4(C)C(c5ccoc5)OC(=O)C5OC543)C21. The number of hydrogen-bond donors (Lipinski definition) is 0. The number of hydrogen-bond acceptors (Lipinski definition) is 9. The van der Waals surface area contributed by atoms with Gasteiger partial charge in [-0.1, -0.05) is 6.92 Å². The fourth-order valence-corrected chi connectivity index (χ4v) is 8.02. The molecule has 0 bridgehead atoms. The molecule has 1 spiro atoms. The molecule has 1 aromatic heterocycles. The van der Waals surface area contributed by atoms with Gasteiger partial charge in [0.05, 0.1) is 31.0 Å². The lowest BCUT2D eigenvalue weighted by Crippen LogP contribution is -2.69. The molecular weight excluding hydrogens is 444 g/mol. The average Bonchev–Trinajstić information content (AvgIpc) is 3.38. The summed E-state index contributed by atoms with van der Waals surface area (Å²) >= 11 is 0. The van der Waals surface area contributed by atoms with Crippen LogP contribution >= 0.6 is 0 Å². The van der Waals surface area contributed by atoms with Crippen molar-refractivity contribution in [2.45, 2.75) is 70.4 Å². The summed E-state index contributed by atoms with van der Waals surface area (Å²) in [6, 6.07) is 1.78. The Morgan fingerprint density at radius 2 is 1.94 bits per heavy atom. The molecule has 6 rings (SSSR count). The third-order valence-corrected chi connectivity index (χ3v) is 9.43. The molecule has 5 fully saturated rings. The Morgan fingerprint density at radius 3 is 2.65 bits per heavy atom. The summed E-state index contributed by atoms with van der Waals surface area (Å²) in [4.78, 5) is 51.2. The fourth-order valence-electron chi connectivity index (χ4n) is 8.02. The standard InChI is InChI=1S/C25H28O9/c1-12(26)32-16-9-18(28)31-11-14-8-17(27)24(3)15(19(14)16)4-6-23(2)20(13-5-7-30-10-13)33-22(29)21-25(23,24)34-21/h5,7,10,14-16,19-21H,4,6,8-9,11H2,1-3H3. The highest BCUT2D eigenvalue weighted by Gasteiger charge is 2.87. The first-order valence-corrected chi connectivity index (χ1v) is 11.9. The molecule has 4 heterocycles. The highest BCUT2D eigenvalue weighted by Crippen LogP contribution is 2.76. The second-order valence-corrected chi connectivity index (χ2v) is 10.9. The lowest BCUT2D eigenvalue weighted by molar-refractivity contribution is -0.207. The summed E-state index contributed by atoms with van der Waals surface area (Å²) in [6.45, 7) is 5.37. The Morgan fingerprint density at radius 1 is 1.15 bits per heavy atom. The average molecular weight is 472 g/mol. The van der Waals surface area contributed by atoms with Crippen LogP contribution in [0.4, 0.5) is 0 Å². The number of esters is 3. The molecule has 3 saturated heterocycles. The fraction of sp³-hybridized carbons (Fsp3) is 0.680. The van der Waals surface area contributed by atoms with Gasteiger partial charge in [0, 0.05) is 36.2 Å². The van der Waals surface area contributed by atoms with Gasteiger partial charge in [0.1, 0.15) is 23.6 Å². The summed E-state index contributed by atoms with van der Waals surface area (Å²) in [5.41, 5.74) is -1.98. The first-order chi connectivity index (χ1) is 16.1. The van der Waals surface area contributed by atoms with E-state index in [1.807, 2.05) is 13.8 Å².